The lowest BCUT2D eigenvalue weighted by molar-refractivity contribution is -0.121. The molecule has 2 N–H and O–H groups in total. The molecule has 1 saturated heterocycles. The predicted molar refractivity (Wildman–Crippen MR) is 83.4 cm³/mol. The van der Waals surface area contributed by atoms with Crippen LogP contribution in [0.25, 0.3) is 0 Å². The van der Waals surface area contributed by atoms with E-state index in [1.807, 2.05) is 0 Å². The Balaban J connectivity index is 1.68. The Bertz CT molecular complexity index is 506. The molecule has 1 aliphatic rings. The molecule has 1 aliphatic heterocycles. The number of carbonyl (C=O) groups is 2. The minimum absolute atomic E-state index is 0.0175. The van der Waals surface area contributed by atoms with Crippen molar-refractivity contribution in [2.75, 3.05) is 20.1 Å². The van der Waals surface area contributed by atoms with E-state index < -0.39 is 0 Å². The SMILES string of the molecule is CNC(=O)c1ccc(CNC(=O)CC[C@H](C)N2CCCC2)o1. The lowest BCUT2D eigenvalue weighted by atomic mass is 10.1. The molecule has 1 aromatic rings. The standard InChI is InChI=1S/C16H25N3O3/c1-12(19-9-3-4-10-19)5-8-15(20)18-11-13-6-7-14(22-13)16(21)17-2/h6-7,12H,3-5,8-11H2,1-2H3,(H,17,21)(H,18,20)/t12-/m0/s1. The molecular weight excluding hydrogens is 282 g/mol. The summed E-state index contributed by atoms with van der Waals surface area (Å²) in [5, 5.41) is 5.33. The number of nitrogens with one attached hydrogen (secondary N) is 2. The van der Waals surface area contributed by atoms with Gasteiger partial charge in [0.25, 0.3) is 5.91 Å². The van der Waals surface area contributed by atoms with Gasteiger partial charge < -0.3 is 20.0 Å². The number of nitrogens with zero attached hydrogens (tertiary/aromatic N) is 1. The van der Waals surface area contributed by atoms with Gasteiger partial charge in [-0.2, -0.15) is 0 Å². The van der Waals surface area contributed by atoms with Crippen LogP contribution in [0.2, 0.25) is 0 Å². The molecule has 122 valence electrons. The highest BCUT2D eigenvalue weighted by molar-refractivity contribution is 5.91. The van der Waals surface area contributed by atoms with Crippen molar-refractivity contribution < 1.29 is 14.0 Å². The Morgan fingerprint density at radius 2 is 2.05 bits per heavy atom. The van der Waals surface area contributed by atoms with Crippen LogP contribution in [0.4, 0.5) is 0 Å². The molecule has 0 radical (unpaired) electrons. The summed E-state index contributed by atoms with van der Waals surface area (Å²) >= 11 is 0. The lowest BCUT2D eigenvalue weighted by Crippen LogP contribution is -2.32. The molecule has 0 unspecified atom stereocenters. The molecule has 2 rings (SSSR count). The fourth-order valence-corrected chi connectivity index (χ4v) is 2.70. The number of rotatable bonds is 7. The van der Waals surface area contributed by atoms with E-state index >= 15 is 0 Å². The van der Waals surface area contributed by atoms with Crippen LogP contribution in [0.15, 0.2) is 16.5 Å². The van der Waals surface area contributed by atoms with Crippen molar-refractivity contribution in [3.8, 4) is 0 Å². The number of likely N-dealkylation sites (tertiary alicyclic amines) is 1. The van der Waals surface area contributed by atoms with E-state index in [1.54, 1.807) is 19.2 Å². The van der Waals surface area contributed by atoms with E-state index in [2.05, 4.69) is 22.5 Å². The van der Waals surface area contributed by atoms with E-state index in [0.717, 1.165) is 19.5 Å². The summed E-state index contributed by atoms with van der Waals surface area (Å²) in [7, 11) is 1.55. The highest BCUT2D eigenvalue weighted by Crippen LogP contribution is 2.15. The zero-order valence-corrected chi connectivity index (χ0v) is 13.4. The maximum atomic E-state index is 11.9. The van der Waals surface area contributed by atoms with Crippen LogP contribution in [-0.4, -0.2) is 42.9 Å². The zero-order chi connectivity index (χ0) is 15.9. The molecular formula is C16H25N3O3. The summed E-state index contributed by atoms with van der Waals surface area (Å²) in [5.74, 6) is 0.593. The zero-order valence-electron chi connectivity index (χ0n) is 13.4. The summed E-state index contributed by atoms with van der Waals surface area (Å²) in [6, 6.07) is 3.77. The summed E-state index contributed by atoms with van der Waals surface area (Å²) in [4.78, 5) is 25.7. The largest absolute Gasteiger partial charge is 0.454 e. The number of hydrogen-bond donors (Lipinski definition) is 2. The Kier molecular flexibility index (Phi) is 6.00. The first-order valence-corrected chi connectivity index (χ1v) is 7.91. The van der Waals surface area contributed by atoms with Crippen molar-refractivity contribution in [2.24, 2.45) is 0 Å². The normalized spacial score (nSPS) is 16.5. The number of hydrogen-bond acceptors (Lipinski definition) is 4. The number of furan rings is 1. The van der Waals surface area contributed by atoms with E-state index in [1.165, 1.54) is 12.8 Å². The Labute approximate surface area is 131 Å². The highest BCUT2D eigenvalue weighted by atomic mass is 16.4. The first-order chi connectivity index (χ1) is 10.6. The van der Waals surface area contributed by atoms with Crippen LogP contribution in [0.1, 0.15) is 48.9 Å². The quantitative estimate of drug-likeness (QED) is 0.801. The Hall–Kier alpha value is -1.82. The second kappa shape index (κ2) is 7.98. The maximum absolute atomic E-state index is 11.9. The fraction of sp³-hybridized carbons (Fsp3) is 0.625. The molecule has 1 atom stereocenters. The smallest absolute Gasteiger partial charge is 0.286 e. The molecule has 0 saturated carbocycles. The van der Waals surface area contributed by atoms with Gasteiger partial charge in [0.15, 0.2) is 5.76 Å². The second-order valence-corrected chi connectivity index (χ2v) is 5.75. The Morgan fingerprint density at radius 1 is 1.32 bits per heavy atom. The summed E-state index contributed by atoms with van der Waals surface area (Å²) in [6.07, 6.45) is 3.92. The molecule has 0 aliphatic carbocycles. The molecule has 22 heavy (non-hydrogen) atoms. The molecule has 1 fully saturated rings. The fourth-order valence-electron chi connectivity index (χ4n) is 2.70. The van der Waals surface area contributed by atoms with E-state index in [4.69, 9.17) is 4.42 Å². The van der Waals surface area contributed by atoms with Gasteiger partial charge in [-0.05, 0) is 51.4 Å². The summed E-state index contributed by atoms with van der Waals surface area (Å²) in [5.41, 5.74) is 0. The third-order valence-electron chi connectivity index (χ3n) is 4.13. The summed E-state index contributed by atoms with van der Waals surface area (Å²) < 4.78 is 5.36. The van der Waals surface area contributed by atoms with Gasteiger partial charge in [0.2, 0.25) is 5.91 Å². The van der Waals surface area contributed by atoms with Gasteiger partial charge in [0, 0.05) is 19.5 Å². The topological polar surface area (TPSA) is 74.6 Å². The molecule has 2 amide bonds. The van der Waals surface area contributed by atoms with Crippen molar-refractivity contribution >= 4 is 11.8 Å². The van der Waals surface area contributed by atoms with Crippen molar-refractivity contribution in [3.05, 3.63) is 23.7 Å². The van der Waals surface area contributed by atoms with E-state index in [9.17, 15) is 9.59 Å². The minimum Gasteiger partial charge on any atom is -0.454 e. The van der Waals surface area contributed by atoms with Crippen LogP contribution in [0.3, 0.4) is 0 Å². The number of carbonyl (C=O) groups excluding carboxylic acids is 2. The average molecular weight is 307 g/mol. The molecule has 2 heterocycles. The van der Waals surface area contributed by atoms with E-state index in [0.29, 0.717) is 24.8 Å². The van der Waals surface area contributed by atoms with Gasteiger partial charge in [0.05, 0.1) is 6.54 Å². The van der Waals surface area contributed by atoms with Crippen LogP contribution < -0.4 is 10.6 Å². The van der Waals surface area contributed by atoms with Gasteiger partial charge in [-0.15, -0.1) is 0 Å². The molecule has 6 heteroatoms. The van der Waals surface area contributed by atoms with E-state index in [-0.39, 0.29) is 17.6 Å². The Morgan fingerprint density at radius 3 is 2.73 bits per heavy atom. The van der Waals surface area contributed by atoms with Crippen LogP contribution in [0, 0.1) is 0 Å². The molecule has 6 nitrogen and oxygen atoms in total. The minimum atomic E-state index is -0.267. The van der Waals surface area contributed by atoms with Gasteiger partial charge in [0.1, 0.15) is 5.76 Å². The van der Waals surface area contributed by atoms with Crippen LogP contribution >= 0.6 is 0 Å². The van der Waals surface area contributed by atoms with Crippen molar-refractivity contribution in [2.45, 2.75) is 45.2 Å². The van der Waals surface area contributed by atoms with Crippen molar-refractivity contribution in [1.29, 1.82) is 0 Å². The predicted octanol–water partition coefficient (Wildman–Crippen LogP) is 1.52. The molecule has 0 spiro atoms. The summed E-state index contributed by atoms with van der Waals surface area (Å²) in [6.45, 7) is 4.80. The van der Waals surface area contributed by atoms with Crippen LogP contribution in [0.5, 0.6) is 0 Å². The molecule has 1 aromatic heterocycles. The lowest BCUT2D eigenvalue weighted by Gasteiger charge is -2.23. The first-order valence-electron chi connectivity index (χ1n) is 7.91. The monoisotopic (exact) mass is 307 g/mol. The van der Waals surface area contributed by atoms with Crippen LogP contribution in [-0.2, 0) is 11.3 Å². The third-order valence-corrected chi connectivity index (χ3v) is 4.13. The van der Waals surface area contributed by atoms with Gasteiger partial charge in [-0.1, -0.05) is 0 Å². The van der Waals surface area contributed by atoms with Gasteiger partial charge in [-0.3, -0.25) is 9.59 Å². The highest BCUT2D eigenvalue weighted by Gasteiger charge is 2.18. The van der Waals surface area contributed by atoms with Gasteiger partial charge >= 0.3 is 0 Å². The van der Waals surface area contributed by atoms with Crippen molar-refractivity contribution in [1.82, 2.24) is 15.5 Å². The maximum Gasteiger partial charge on any atom is 0.286 e. The average Bonchev–Trinajstić information content (AvgIpc) is 3.20. The van der Waals surface area contributed by atoms with Crippen molar-refractivity contribution in [3.63, 3.8) is 0 Å². The molecule has 0 bridgehead atoms. The molecule has 0 aromatic carbocycles. The number of amides is 2. The first kappa shape index (κ1) is 16.5. The van der Waals surface area contributed by atoms with Gasteiger partial charge in [-0.25, -0.2) is 0 Å². The second-order valence-electron chi connectivity index (χ2n) is 5.75. The third kappa shape index (κ3) is 4.59.